The van der Waals surface area contributed by atoms with Crippen LogP contribution in [-0.2, 0) is 14.9 Å². The number of thiol groups is 1. The molecule has 0 saturated carbocycles. The van der Waals surface area contributed by atoms with Crippen molar-refractivity contribution in [2.24, 2.45) is 5.73 Å². The summed E-state index contributed by atoms with van der Waals surface area (Å²) in [5.41, 5.74) is 4.92. The number of alkyl halides is 5. The molecule has 1 rings (SSSR count). The Morgan fingerprint density at radius 1 is 1.22 bits per heavy atom. The van der Waals surface area contributed by atoms with E-state index in [1.165, 1.54) is 31.2 Å². The molecule has 0 aliphatic rings. The Balaban J connectivity index is 0.000000422. The highest BCUT2D eigenvalue weighted by Crippen LogP contribution is 2.36. The molecule has 23 heavy (non-hydrogen) atoms. The first-order valence-corrected chi connectivity index (χ1v) is 7.66. The van der Waals surface area contributed by atoms with Gasteiger partial charge in [-0.05, 0) is 31.2 Å². The van der Waals surface area contributed by atoms with Gasteiger partial charge in [0, 0.05) is 10.9 Å². The van der Waals surface area contributed by atoms with Crippen LogP contribution < -0.4 is 5.73 Å². The molecule has 0 saturated heterocycles. The minimum Gasteiger partial charge on any atom is -0.326 e. The zero-order valence-electron chi connectivity index (χ0n) is 11.6. The Hall–Kier alpha value is -0.950. The van der Waals surface area contributed by atoms with E-state index in [1.807, 2.05) is 0 Å². The van der Waals surface area contributed by atoms with Crippen molar-refractivity contribution in [1.82, 2.24) is 0 Å². The summed E-state index contributed by atoms with van der Waals surface area (Å²) in [4.78, 5) is 0.535. The third-order valence-electron chi connectivity index (χ3n) is 1.99. The van der Waals surface area contributed by atoms with Gasteiger partial charge in [0.25, 0.3) is 10.1 Å². The van der Waals surface area contributed by atoms with Crippen LogP contribution in [-0.4, -0.2) is 37.9 Å². The molecular formula is C11H14F5NO4S2. The topological polar surface area (TPSA) is 89.6 Å². The monoisotopic (exact) mass is 383 g/mol. The van der Waals surface area contributed by atoms with Gasteiger partial charge < -0.3 is 10.5 Å². The molecule has 0 heterocycles. The van der Waals surface area contributed by atoms with Crippen LogP contribution in [0.4, 0.5) is 22.0 Å². The third kappa shape index (κ3) is 8.46. The van der Waals surface area contributed by atoms with Crippen molar-refractivity contribution in [2.75, 3.05) is 6.61 Å². The summed E-state index contributed by atoms with van der Waals surface area (Å²) < 4.78 is 90.6. The lowest BCUT2D eigenvalue weighted by Gasteiger charge is -2.20. The van der Waals surface area contributed by atoms with E-state index < -0.39 is 35.1 Å². The van der Waals surface area contributed by atoms with Crippen LogP contribution >= 0.6 is 12.6 Å². The van der Waals surface area contributed by atoms with Gasteiger partial charge in [0.1, 0.15) is 0 Å². The summed E-state index contributed by atoms with van der Waals surface area (Å²) in [5, 5.41) is 0. The van der Waals surface area contributed by atoms with Crippen LogP contribution in [0.25, 0.3) is 0 Å². The zero-order chi connectivity index (χ0) is 18.5. The lowest BCUT2D eigenvalue weighted by Crippen LogP contribution is -2.41. The largest absolute Gasteiger partial charge is 0.482 e. The van der Waals surface area contributed by atoms with Gasteiger partial charge in [0.2, 0.25) is 0 Å². The molecule has 0 bridgehead atoms. The maximum Gasteiger partial charge on any atom is 0.482 e. The fourth-order valence-corrected chi connectivity index (χ4v) is 1.57. The van der Waals surface area contributed by atoms with Gasteiger partial charge in [-0.2, -0.15) is 30.4 Å². The smallest absolute Gasteiger partial charge is 0.326 e. The van der Waals surface area contributed by atoms with E-state index in [2.05, 4.69) is 17.4 Å². The number of nitrogens with two attached hydrogens (primary N) is 1. The number of halogens is 5. The second kappa shape index (κ2) is 8.24. The molecule has 0 amide bonds. The molecule has 0 aliphatic carbocycles. The predicted molar refractivity (Wildman–Crippen MR) is 74.1 cm³/mol. The summed E-state index contributed by atoms with van der Waals surface area (Å²) in [5.74, 6) is 0. The molecule has 0 spiro atoms. The highest BCUT2D eigenvalue weighted by atomic mass is 32.2. The van der Waals surface area contributed by atoms with Crippen molar-refractivity contribution < 1.29 is 39.7 Å². The summed E-state index contributed by atoms with van der Waals surface area (Å²) in [7, 11) is -4.05. The van der Waals surface area contributed by atoms with Crippen molar-refractivity contribution >= 4 is 22.7 Å². The number of hydrogen-bond acceptors (Lipinski definition) is 5. The van der Waals surface area contributed by atoms with Crippen LogP contribution in [0.15, 0.2) is 34.1 Å². The van der Waals surface area contributed by atoms with Crippen LogP contribution in [0.5, 0.6) is 0 Å². The van der Waals surface area contributed by atoms with Crippen molar-refractivity contribution in [3.8, 4) is 0 Å². The quantitative estimate of drug-likeness (QED) is 0.423. The highest BCUT2D eigenvalue weighted by Gasteiger charge is 2.59. The van der Waals surface area contributed by atoms with Gasteiger partial charge in [-0.25, -0.2) is 0 Å². The molecule has 5 nitrogen and oxygen atoms in total. The fourth-order valence-electron chi connectivity index (χ4n) is 0.936. The minimum absolute atomic E-state index is 0.115. The summed E-state index contributed by atoms with van der Waals surface area (Å²) >= 11 is 3.95. The Morgan fingerprint density at radius 3 is 1.96 bits per heavy atom. The molecule has 3 N–H and O–H groups in total. The molecule has 0 aliphatic heterocycles. The summed E-state index contributed by atoms with van der Waals surface area (Å²) in [6, 6.07) is 4.70. The van der Waals surface area contributed by atoms with Crippen LogP contribution in [0, 0.1) is 0 Å². The number of ether oxygens (including phenoxy) is 1. The Morgan fingerprint density at radius 2 is 1.65 bits per heavy atom. The van der Waals surface area contributed by atoms with Crippen molar-refractivity contribution in [2.45, 2.75) is 35.0 Å². The lowest BCUT2D eigenvalue weighted by atomic mass is 10.4. The van der Waals surface area contributed by atoms with E-state index in [9.17, 15) is 30.4 Å². The molecular weight excluding hydrogens is 369 g/mol. The standard InChI is InChI=1S/C6H6O3S2.C5H8F5NO/c7-11(8,9)6-3-1-5(10)2-4-6;1-3(11)2-12-5(9,10)4(6,7)8/h1-4,10H,(H,7,8,9);3H,2,11H2,1H3. The first-order valence-electron chi connectivity index (χ1n) is 5.77. The van der Waals surface area contributed by atoms with Gasteiger partial charge in [0.15, 0.2) is 0 Å². The van der Waals surface area contributed by atoms with E-state index in [4.69, 9.17) is 10.3 Å². The fraction of sp³-hybridized carbons (Fsp3) is 0.455. The summed E-state index contributed by atoms with van der Waals surface area (Å²) in [6.45, 7) is 0.416. The van der Waals surface area contributed by atoms with Crippen LogP contribution in [0.3, 0.4) is 0 Å². The Bertz CT molecular complexity index is 587. The van der Waals surface area contributed by atoms with E-state index >= 15 is 0 Å². The Labute approximate surface area is 134 Å². The molecule has 134 valence electrons. The Kier molecular flexibility index (Phi) is 7.90. The molecule has 1 aromatic rings. The number of rotatable bonds is 4. The lowest BCUT2D eigenvalue weighted by molar-refractivity contribution is -0.391. The molecule has 1 atom stereocenters. The van der Waals surface area contributed by atoms with Gasteiger partial charge >= 0.3 is 12.3 Å². The second-order valence-corrected chi connectivity index (χ2v) is 6.21. The van der Waals surface area contributed by atoms with Gasteiger partial charge in [0.05, 0.1) is 11.5 Å². The number of benzene rings is 1. The van der Waals surface area contributed by atoms with Crippen molar-refractivity contribution in [3.05, 3.63) is 24.3 Å². The first-order chi connectivity index (χ1) is 10.2. The van der Waals surface area contributed by atoms with Gasteiger partial charge in [-0.3, -0.25) is 4.55 Å². The highest BCUT2D eigenvalue weighted by molar-refractivity contribution is 7.85. The third-order valence-corrected chi connectivity index (χ3v) is 3.16. The first kappa shape index (κ1) is 22.1. The van der Waals surface area contributed by atoms with E-state index in [0.29, 0.717) is 4.90 Å². The SMILES string of the molecule is CC(N)COC(F)(F)C(F)(F)F.O=S(=O)(O)c1ccc(S)cc1. The number of hydrogen-bond donors (Lipinski definition) is 3. The van der Waals surface area contributed by atoms with E-state index in [1.54, 1.807) is 0 Å². The van der Waals surface area contributed by atoms with Gasteiger partial charge in [-0.1, -0.05) is 0 Å². The molecule has 1 aromatic carbocycles. The molecule has 0 radical (unpaired) electrons. The predicted octanol–water partition coefficient (Wildman–Crippen LogP) is 2.73. The van der Waals surface area contributed by atoms with E-state index in [-0.39, 0.29) is 4.90 Å². The molecule has 1 unspecified atom stereocenters. The van der Waals surface area contributed by atoms with Crippen molar-refractivity contribution in [1.29, 1.82) is 0 Å². The summed E-state index contributed by atoms with van der Waals surface area (Å²) in [6.07, 6.45) is -10.8. The maximum atomic E-state index is 11.9. The molecule has 0 fully saturated rings. The normalized spacial score (nSPS) is 14.0. The second-order valence-electron chi connectivity index (χ2n) is 4.27. The van der Waals surface area contributed by atoms with Crippen molar-refractivity contribution in [3.63, 3.8) is 0 Å². The minimum atomic E-state index is -5.68. The average Bonchev–Trinajstić information content (AvgIpc) is 2.35. The zero-order valence-corrected chi connectivity index (χ0v) is 13.3. The van der Waals surface area contributed by atoms with Gasteiger partial charge in [-0.15, -0.1) is 12.6 Å². The average molecular weight is 383 g/mol. The molecule has 0 aromatic heterocycles. The maximum absolute atomic E-state index is 11.9. The van der Waals surface area contributed by atoms with Crippen LogP contribution in [0.2, 0.25) is 0 Å². The van der Waals surface area contributed by atoms with E-state index in [0.717, 1.165) is 0 Å². The molecule has 12 heteroatoms. The van der Waals surface area contributed by atoms with Crippen LogP contribution in [0.1, 0.15) is 6.92 Å².